The second-order valence-corrected chi connectivity index (χ2v) is 6.57. The summed E-state index contributed by atoms with van der Waals surface area (Å²) in [7, 11) is 0. The molecular weight excluding hydrogens is 388 g/mol. The highest BCUT2D eigenvalue weighted by Gasteiger charge is 2.29. The van der Waals surface area contributed by atoms with E-state index in [1.807, 2.05) is 13.8 Å². The second kappa shape index (κ2) is 9.78. The normalized spacial score (nSPS) is 14.5. The molecule has 0 bridgehead atoms. The molecule has 0 unspecified atom stereocenters. The average Bonchev–Trinajstić information content (AvgIpc) is 2.78. The highest BCUT2D eigenvalue weighted by molar-refractivity contribution is 5.96. The van der Waals surface area contributed by atoms with Crippen LogP contribution in [-0.4, -0.2) is 55.1 Å². The Hall–Kier alpha value is -3.55. The summed E-state index contributed by atoms with van der Waals surface area (Å²) in [5.41, 5.74) is 1.04. The van der Waals surface area contributed by atoms with E-state index in [0.717, 1.165) is 0 Å². The molecule has 158 valence electrons. The summed E-state index contributed by atoms with van der Waals surface area (Å²) in [6, 6.07) is 13.6. The minimum Gasteiger partial charge on any atom is -0.485 e. The summed E-state index contributed by atoms with van der Waals surface area (Å²) >= 11 is 0. The average molecular weight is 412 g/mol. The summed E-state index contributed by atoms with van der Waals surface area (Å²) in [4.78, 5) is 38.3. The van der Waals surface area contributed by atoms with Crippen LogP contribution in [0.3, 0.4) is 0 Å². The molecule has 1 N–H and O–H groups in total. The Morgan fingerprint density at radius 3 is 2.37 bits per heavy atom. The molecule has 0 radical (unpaired) electrons. The topological polar surface area (TPSA) is 94.2 Å². The van der Waals surface area contributed by atoms with Crippen molar-refractivity contribution in [2.45, 2.75) is 20.0 Å². The van der Waals surface area contributed by atoms with E-state index in [1.165, 1.54) is 0 Å². The molecule has 1 atom stereocenters. The maximum Gasteiger partial charge on any atom is 0.351 e. The lowest BCUT2D eigenvalue weighted by molar-refractivity contribution is -0.156. The first-order valence-electron chi connectivity index (χ1n) is 9.76. The molecule has 0 aliphatic carbocycles. The standard InChI is InChI=1S/C22H24N2O6/c1-3-24(4-2)21(26)15-9-11-16(12-10-15)23-20(25)14-29-22(27)19-13-28-17-7-5-6-8-18(17)30-19/h5-12,19H,3-4,13-14H2,1-2H3,(H,23,25)/t19-/m0/s1. The van der Waals surface area contributed by atoms with E-state index >= 15 is 0 Å². The lowest BCUT2D eigenvalue weighted by atomic mass is 10.2. The van der Waals surface area contributed by atoms with Gasteiger partial charge in [0.2, 0.25) is 6.10 Å². The molecular formula is C22H24N2O6. The molecule has 1 heterocycles. The summed E-state index contributed by atoms with van der Waals surface area (Å²) in [6.07, 6.45) is -0.932. The molecule has 0 spiro atoms. The van der Waals surface area contributed by atoms with Crippen LogP contribution in [0.1, 0.15) is 24.2 Å². The molecule has 2 amide bonds. The van der Waals surface area contributed by atoms with Gasteiger partial charge in [-0.15, -0.1) is 0 Å². The lowest BCUT2D eigenvalue weighted by Gasteiger charge is -2.24. The molecule has 0 saturated carbocycles. The lowest BCUT2D eigenvalue weighted by Crippen LogP contribution is -2.39. The number of esters is 1. The van der Waals surface area contributed by atoms with E-state index in [0.29, 0.717) is 35.8 Å². The summed E-state index contributed by atoms with van der Waals surface area (Å²) in [6.45, 7) is 4.64. The quantitative estimate of drug-likeness (QED) is 0.703. The molecule has 0 saturated heterocycles. The van der Waals surface area contributed by atoms with Crippen molar-refractivity contribution < 1.29 is 28.6 Å². The number of hydrogen-bond donors (Lipinski definition) is 1. The highest BCUT2D eigenvalue weighted by atomic mass is 16.6. The minimum atomic E-state index is -0.932. The molecule has 3 rings (SSSR count). The van der Waals surface area contributed by atoms with Gasteiger partial charge in [0, 0.05) is 24.3 Å². The van der Waals surface area contributed by atoms with Gasteiger partial charge in [-0.25, -0.2) is 4.79 Å². The largest absolute Gasteiger partial charge is 0.485 e. The Labute approximate surface area is 174 Å². The zero-order valence-electron chi connectivity index (χ0n) is 16.9. The number of fused-ring (bicyclic) bond motifs is 1. The van der Waals surface area contributed by atoms with Gasteiger partial charge in [0.05, 0.1) is 0 Å². The van der Waals surface area contributed by atoms with Gasteiger partial charge in [0.1, 0.15) is 6.61 Å². The van der Waals surface area contributed by atoms with Gasteiger partial charge in [-0.1, -0.05) is 12.1 Å². The molecule has 2 aromatic rings. The third-order valence-electron chi connectivity index (χ3n) is 4.58. The number of nitrogens with zero attached hydrogens (tertiary/aromatic N) is 1. The molecule has 2 aromatic carbocycles. The van der Waals surface area contributed by atoms with E-state index in [1.54, 1.807) is 53.4 Å². The first-order chi connectivity index (χ1) is 14.5. The van der Waals surface area contributed by atoms with Crippen molar-refractivity contribution in [2.75, 3.05) is 31.6 Å². The van der Waals surface area contributed by atoms with Crippen LogP contribution in [0, 0.1) is 0 Å². The predicted octanol–water partition coefficient (Wildman–Crippen LogP) is 2.49. The Bertz CT molecular complexity index is 908. The van der Waals surface area contributed by atoms with Gasteiger partial charge in [-0.3, -0.25) is 9.59 Å². The van der Waals surface area contributed by atoms with E-state index in [4.69, 9.17) is 14.2 Å². The van der Waals surface area contributed by atoms with Crippen molar-refractivity contribution >= 4 is 23.5 Å². The van der Waals surface area contributed by atoms with Crippen LogP contribution in [0.2, 0.25) is 0 Å². The van der Waals surface area contributed by atoms with Crippen LogP contribution in [-0.2, 0) is 14.3 Å². The fourth-order valence-electron chi connectivity index (χ4n) is 2.95. The molecule has 1 aliphatic rings. The maximum absolute atomic E-state index is 12.3. The van der Waals surface area contributed by atoms with Crippen molar-refractivity contribution in [1.29, 1.82) is 0 Å². The van der Waals surface area contributed by atoms with Gasteiger partial charge < -0.3 is 24.4 Å². The van der Waals surface area contributed by atoms with Crippen LogP contribution in [0.15, 0.2) is 48.5 Å². The third kappa shape index (κ3) is 5.08. The van der Waals surface area contributed by atoms with Crippen molar-refractivity contribution in [2.24, 2.45) is 0 Å². The van der Waals surface area contributed by atoms with Crippen molar-refractivity contribution in [3.63, 3.8) is 0 Å². The minimum absolute atomic E-state index is 0.0134. The molecule has 8 heteroatoms. The number of rotatable bonds is 7. The number of nitrogens with one attached hydrogen (secondary N) is 1. The van der Waals surface area contributed by atoms with Crippen molar-refractivity contribution in [3.8, 4) is 11.5 Å². The van der Waals surface area contributed by atoms with E-state index in [2.05, 4.69) is 5.32 Å². The molecule has 8 nitrogen and oxygen atoms in total. The zero-order chi connectivity index (χ0) is 21.5. The first kappa shape index (κ1) is 21.2. The van der Waals surface area contributed by atoms with Crippen LogP contribution in [0.4, 0.5) is 5.69 Å². The van der Waals surface area contributed by atoms with Crippen LogP contribution < -0.4 is 14.8 Å². The Morgan fingerprint density at radius 1 is 1.03 bits per heavy atom. The number of hydrogen-bond acceptors (Lipinski definition) is 6. The number of carbonyl (C=O) groups is 3. The van der Waals surface area contributed by atoms with Gasteiger partial charge in [-0.2, -0.15) is 0 Å². The predicted molar refractivity (Wildman–Crippen MR) is 110 cm³/mol. The summed E-state index contributed by atoms with van der Waals surface area (Å²) < 4.78 is 16.1. The number of ether oxygens (including phenoxy) is 3. The van der Waals surface area contributed by atoms with E-state index in [-0.39, 0.29) is 12.5 Å². The Balaban J connectivity index is 1.48. The molecule has 30 heavy (non-hydrogen) atoms. The number of anilines is 1. The van der Waals surface area contributed by atoms with Crippen molar-refractivity contribution in [1.82, 2.24) is 4.90 Å². The smallest absolute Gasteiger partial charge is 0.351 e. The number of amides is 2. The van der Waals surface area contributed by atoms with Crippen molar-refractivity contribution in [3.05, 3.63) is 54.1 Å². The molecule has 0 aromatic heterocycles. The fourth-order valence-corrected chi connectivity index (χ4v) is 2.95. The monoisotopic (exact) mass is 412 g/mol. The third-order valence-corrected chi connectivity index (χ3v) is 4.58. The van der Waals surface area contributed by atoms with Gasteiger partial charge >= 0.3 is 5.97 Å². The van der Waals surface area contributed by atoms with Gasteiger partial charge in [0.15, 0.2) is 18.1 Å². The van der Waals surface area contributed by atoms with Gasteiger partial charge in [-0.05, 0) is 50.2 Å². The van der Waals surface area contributed by atoms with E-state index in [9.17, 15) is 14.4 Å². The Kier molecular flexibility index (Phi) is 6.90. The van der Waals surface area contributed by atoms with Gasteiger partial charge in [0.25, 0.3) is 11.8 Å². The maximum atomic E-state index is 12.3. The Morgan fingerprint density at radius 2 is 1.70 bits per heavy atom. The summed E-state index contributed by atoms with van der Waals surface area (Å²) in [5, 5.41) is 2.63. The van der Waals surface area contributed by atoms with Crippen LogP contribution in [0.25, 0.3) is 0 Å². The van der Waals surface area contributed by atoms with Crippen LogP contribution >= 0.6 is 0 Å². The number of carbonyl (C=O) groups excluding carboxylic acids is 3. The SMILES string of the molecule is CCN(CC)C(=O)c1ccc(NC(=O)COC(=O)[C@@H]2COc3ccccc3O2)cc1. The first-order valence-corrected chi connectivity index (χ1v) is 9.76. The zero-order valence-corrected chi connectivity index (χ0v) is 16.9. The molecule has 0 fully saturated rings. The number of para-hydroxylation sites is 2. The van der Waals surface area contributed by atoms with E-state index < -0.39 is 24.6 Å². The summed E-state index contributed by atoms with van der Waals surface area (Å²) in [5.74, 6) is -0.233. The molecule has 1 aliphatic heterocycles. The second-order valence-electron chi connectivity index (χ2n) is 6.57. The van der Waals surface area contributed by atoms with Crippen LogP contribution in [0.5, 0.6) is 11.5 Å². The highest BCUT2D eigenvalue weighted by Crippen LogP contribution is 2.31. The fraction of sp³-hybridized carbons (Fsp3) is 0.318. The number of benzene rings is 2.